The van der Waals surface area contributed by atoms with Crippen LogP contribution in [0.25, 0.3) is 11.1 Å². The van der Waals surface area contributed by atoms with E-state index in [9.17, 15) is 0 Å². The highest BCUT2D eigenvalue weighted by molar-refractivity contribution is 7.01. The fourth-order valence-corrected chi connectivity index (χ4v) is 21.7. The lowest BCUT2D eigenvalue weighted by Crippen LogP contribution is -2.56. The van der Waals surface area contributed by atoms with Gasteiger partial charge < -0.3 is 0 Å². The Morgan fingerprint density at radius 3 is 1.07 bits per heavy atom. The van der Waals surface area contributed by atoms with Crippen LogP contribution in [0.3, 0.4) is 0 Å². The topological polar surface area (TPSA) is 0 Å². The van der Waals surface area contributed by atoms with E-state index in [4.69, 9.17) is 0 Å². The first-order valence-corrected chi connectivity index (χ1v) is 25.0. The summed E-state index contributed by atoms with van der Waals surface area (Å²) in [5.74, 6) is 0. The van der Waals surface area contributed by atoms with Crippen molar-refractivity contribution in [2.24, 2.45) is 0 Å². The van der Waals surface area contributed by atoms with Gasteiger partial charge in [0.2, 0.25) is 0 Å². The molecular formula is C26H42Si4. The molecule has 2 aliphatic heterocycles. The summed E-state index contributed by atoms with van der Waals surface area (Å²) >= 11 is 0. The third-order valence-electron chi connectivity index (χ3n) is 8.50. The minimum atomic E-state index is -1.35. The summed E-state index contributed by atoms with van der Waals surface area (Å²) in [6.07, 6.45) is 2.89. The number of fused-ring (bicyclic) bond motifs is 2. The molecule has 0 N–H and O–H groups in total. The van der Waals surface area contributed by atoms with E-state index in [0.29, 0.717) is 0 Å². The van der Waals surface area contributed by atoms with Crippen LogP contribution in [0.1, 0.15) is 12.8 Å². The largest absolute Gasteiger partial charge is 0.0805 e. The summed E-state index contributed by atoms with van der Waals surface area (Å²) in [5.41, 5.74) is 2.97. The third kappa shape index (κ3) is 3.93. The van der Waals surface area contributed by atoms with E-state index in [1.165, 1.54) is 48.1 Å². The van der Waals surface area contributed by atoms with Crippen LogP contribution >= 0.6 is 0 Å². The highest BCUT2D eigenvalue weighted by Gasteiger charge is 2.38. The first kappa shape index (κ1) is 22.5. The molecule has 4 rings (SSSR count). The molecule has 2 aliphatic rings. The van der Waals surface area contributed by atoms with Gasteiger partial charge in [-0.05, 0) is 11.1 Å². The number of rotatable bonds is 1. The monoisotopic (exact) mass is 466 g/mol. The molecule has 0 bridgehead atoms. The molecule has 2 heterocycles. The summed E-state index contributed by atoms with van der Waals surface area (Å²) in [7, 11) is -5.30. The SMILES string of the molecule is C[Si]1(C)CCC[Si](C)(C)c2cc(-c3ccc4c(c3)[Si](C)(C)CCC[Si]4(C)C)ccc21. The van der Waals surface area contributed by atoms with Crippen molar-refractivity contribution in [3.05, 3.63) is 36.4 Å². The van der Waals surface area contributed by atoms with Gasteiger partial charge in [0.1, 0.15) is 0 Å². The second-order valence-electron chi connectivity index (χ2n) is 12.8. The molecule has 0 atom stereocenters. The Hall–Kier alpha value is -0.692. The van der Waals surface area contributed by atoms with Crippen LogP contribution in [0.15, 0.2) is 36.4 Å². The molecule has 0 aromatic heterocycles. The average Bonchev–Trinajstić information content (AvgIpc) is 2.80. The average molecular weight is 467 g/mol. The molecule has 0 saturated carbocycles. The van der Waals surface area contributed by atoms with Gasteiger partial charge in [-0.1, -0.05) is 147 Å². The van der Waals surface area contributed by atoms with Crippen LogP contribution in [-0.2, 0) is 0 Å². The second-order valence-corrected chi connectivity index (χ2v) is 32.0. The molecule has 0 unspecified atom stereocenters. The van der Waals surface area contributed by atoms with Crippen LogP contribution in [0.5, 0.6) is 0 Å². The van der Waals surface area contributed by atoms with E-state index >= 15 is 0 Å². The minimum absolute atomic E-state index is 1.30. The quantitative estimate of drug-likeness (QED) is 0.464. The van der Waals surface area contributed by atoms with Gasteiger partial charge >= 0.3 is 0 Å². The molecule has 162 valence electrons. The Morgan fingerprint density at radius 2 is 0.733 bits per heavy atom. The molecule has 2 aromatic carbocycles. The van der Waals surface area contributed by atoms with Crippen molar-refractivity contribution in [3.63, 3.8) is 0 Å². The van der Waals surface area contributed by atoms with Crippen molar-refractivity contribution < 1.29 is 0 Å². The molecular weight excluding hydrogens is 425 g/mol. The van der Waals surface area contributed by atoms with E-state index in [1.807, 2.05) is 0 Å². The molecule has 30 heavy (non-hydrogen) atoms. The van der Waals surface area contributed by atoms with Crippen molar-refractivity contribution in [3.8, 4) is 11.1 Å². The molecule has 0 amide bonds. The predicted molar refractivity (Wildman–Crippen MR) is 149 cm³/mol. The van der Waals surface area contributed by atoms with Gasteiger partial charge in [-0.15, -0.1) is 0 Å². The smallest absolute Gasteiger partial charge is 0.0654 e. The van der Waals surface area contributed by atoms with Crippen molar-refractivity contribution in [2.75, 3.05) is 0 Å². The maximum atomic E-state index is 2.65. The standard InChI is InChI=1S/C26H42Si4/c1-27(2)15-9-17-29(5,6)25-19-21(11-13-23(25)27)22-12-14-24-26(20-22)30(7,8)18-10-16-28(24,3)4/h11-14,19-20H,9-10,15-18H2,1-8H3. The van der Waals surface area contributed by atoms with E-state index in [1.54, 1.807) is 20.7 Å². The number of hydrogen-bond acceptors (Lipinski definition) is 0. The summed E-state index contributed by atoms with van der Waals surface area (Å²) in [5, 5.41) is 7.13. The van der Waals surface area contributed by atoms with Crippen LogP contribution in [0, 0.1) is 0 Å². The zero-order valence-electron chi connectivity index (χ0n) is 20.7. The first-order chi connectivity index (χ1) is 13.8. The van der Waals surface area contributed by atoms with Crippen LogP contribution in [0.4, 0.5) is 0 Å². The molecule has 0 saturated heterocycles. The van der Waals surface area contributed by atoms with Gasteiger partial charge in [-0.3, -0.25) is 0 Å². The zero-order valence-corrected chi connectivity index (χ0v) is 24.7. The van der Waals surface area contributed by atoms with E-state index in [0.717, 1.165) is 0 Å². The summed E-state index contributed by atoms with van der Waals surface area (Å²) in [6.45, 7) is 20.9. The molecule has 0 aliphatic carbocycles. The molecule has 0 radical (unpaired) electrons. The molecule has 0 fully saturated rings. The Bertz CT molecular complexity index is 889. The van der Waals surface area contributed by atoms with Gasteiger partial charge in [0.25, 0.3) is 0 Å². The lowest BCUT2D eigenvalue weighted by Gasteiger charge is -2.30. The highest BCUT2D eigenvalue weighted by atomic mass is 28.3. The molecule has 4 heteroatoms. The molecule has 2 aromatic rings. The third-order valence-corrected chi connectivity index (χ3v) is 22.9. The summed E-state index contributed by atoms with van der Waals surface area (Å²) in [4.78, 5) is 0. The lowest BCUT2D eigenvalue weighted by molar-refractivity contribution is 1.03. The Balaban J connectivity index is 1.87. The van der Waals surface area contributed by atoms with Crippen molar-refractivity contribution in [1.29, 1.82) is 0 Å². The highest BCUT2D eigenvalue weighted by Crippen LogP contribution is 2.29. The van der Waals surface area contributed by atoms with Crippen molar-refractivity contribution >= 4 is 53.0 Å². The Labute approximate surface area is 189 Å². The van der Waals surface area contributed by atoms with E-state index in [2.05, 4.69) is 88.8 Å². The second kappa shape index (κ2) is 7.43. The zero-order chi connectivity index (χ0) is 21.9. The Morgan fingerprint density at radius 1 is 0.433 bits per heavy atom. The fraction of sp³-hybridized carbons (Fsp3) is 0.538. The van der Waals surface area contributed by atoms with E-state index < -0.39 is 32.3 Å². The fourth-order valence-electron chi connectivity index (χ4n) is 6.23. The lowest BCUT2D eigenvalue weighted by atomic mass is 10.1. The van der Waals surface area contributed by atoms with Crippen molar-refractivity contribution in [1.82, 2.24) is 0 Å². The van der Waals surface area contributed by atoms with Gasteiger partial charge in [0.15, 0.2) is 0 Å². The van der Waals surface area contributed by atoms with Crippen LogP contribution in [0.2, 0.25) is 76.6 Å². The summed E-state index contributed by atoms with van der Waals surface area (Å²) < 4.78 is 0. The molecule has 0 nitrogen and oxygen atoms in total. The van der Waals surface area contributed by atoms with Gasteiger partial charge in [0.05, 0.1) is 32.3 Å². The van der Waals surface area contributed by atoms with Crippen LogP contribution < -0.4 is 20.7 Å². The van der Waals surface area contributed by atoms with Gasteiger partial charge in [-0.25, -0.2) is 0 Å². The van der Waals surface area contributed by atoms with Crippen LogP contribution in [-0.4, -0.2) is 32.3 Å². The normalized spacial score (nSPS) is 23.6. The number of benzene rings is 2. The predicted octanol–water partition coefficient (Wildman–Crippen LogP) is 5.82. The number of hydrogen-bond donors (Lipinski definition) is 0. The Kier molecular flexibility index (Phi) is 5.57. The van der Waals surface area contributed by atoms with Crippen molar-refractivity contribution in [2.45, 2.75) is 89.4 Å². The first-order valence-electron chi connectivity index (χ1n) is 12.1. The molecule has 0 spiro atoms. The van der Waals surface area contributed by atoms with Gasteiger partial charge in [-0.2, -0.15) is 0 Å². The van der Waals surface area contributed by atoms with E-state index in [-0.39, 0.29) is 0 Å². The maximum Gasteiger partial charge on any atom is 0.0805 e. The minimum Gasteiger partial charge on any atom is -0.0654 e. The maximum absolute atomic E-state index is 2.65. The van der Waals surface area contributed by atoms with Gasteiger partial charge in [0, 0.05) is 0 Å². The summed E-state index contributed by atoms with van der Waals surface area (Å²) in [6, 6.07) is 21.2.